The van der Waals surface area contributed by atoms with Crippen LogP contribution in [0.1, 0.15) is 0 Å². The zero-order chi connectivity index (χ0) is 41.0. The van der Waals surface area contributed by atoms with E-state index in [1.165, 1.54) is 21.8 Å². The molecule has 5 nitrogen and oxygen atoms in total. The Morgan fingerprint density at radius 1 is 0.355 bits per heavy atom. The lowest BCUT2D eigenvalue weighted by Crippen LogP contribution is -2.00. The molecule has 0 atom stereocenters. The Hall–Kier alpha value is -8.41. The summed E-state index contributed by atoms with van der Waals surface area (Å²) in [6.45, 7) is 0. The van der Waals surface area contributed by atoms with Gasteiger partial charge in [-0.3, -0.25) is 0 Å². The van der Waals surface area contributed by atoms with Crippen molar-refractivity contribution < 1.29 is 0 Å². The van der Waals surface area contributed by atoms with E-state index in [4.69, 9.17) is 15.1 Å². The van der Waals surface area contributed by atoms with E-state index in [9.17, 15) is 0 Å². The second kappa shape index (κ2) is 14.7. The Labute approximate surface area is 358 Å². The number of hydrogen-bond donors (Lipinski definition) is 0. The normalized spacial score (nSPS) is 11.5. The van der Waals surface area contributed by atoms with Gasteiger partial charge in [0.1, 0.15) is 0 Å². The van der Waals surface area contributed by atoms with Crippen LogP contribution in [0.15, 0.2) is 225 Å². The molecule has 0 fully saturated rings. The van der Waals surface area contributed by atoms with E-state index in [0.29, 0.717) is 5.82 Å². The number of para-hydroxylation sites is 2. The molecule has 0 aliphatic heterocycles. The van der Waals surface area contributed by atoms with Crippen LogP contribution in [0.5, 0.6) is 0 Å². The molecule has 0 spiro atoms. The second-order valence-corrected chi connectivity index (χ2v) is 15.6. The van der Waals surface area contributed by atoms with Crippen molar-refractivity contribution in [1.82, 2.24) is 24.1 Å². The maximum Gasteiger partial charge on any atom is 0.160 e. The van der Waals surface area contributed by atoms with Gasteiger partial charge in [0, 0.05) is 55.2 Å². The zero-order valence-corrected chi connectivity index (χ0v) is 33.6. The molecular formula is C57H37N5. The monoisotopic (exact) mass is 791 g/mol. The molecule has 4 heterocycles. The minimum atomic E-state index is 0.674. The molecule has 0 N–H and O–H groups in total. The van der Waals surface area contributed by atoms with E-state index in [1.807, 2.05) is 24.4 Å². The van der Waals surface area contributed by atoms with Gasteiger partial charge in [0.15, 0.2) is 5.82 Å². The van der Waals surface area contributed by atoms with Gasteiger partial charge in [-0.05, 0) is 52.9 Å². The van der Waals surface area contributed by atoms with Gasteiger partial charge in [-0.1, -0.05) is 182 Å². The quantitative estimate of drug-likeness (QED) is 0.162. The molecule has 0 radical (unpaired) electrons. The smallest absolute Gasteiger partial charge is 0.160 e. The fraction of sp³-hybridized carbons (Fsp3) is 0. The van der Waals surface area contributed by atoms with Crippen molar-refractivity contribution in [1.29, 1.82) is 0 Å². The van der Waals surface area contributed by atoms with Gasteiger partial charge in [-0.25, -0.2) is 14.5 Å². The van der Waals surface area contributed by atoms with E-state index in [-0.39, 0.29) is 0 Å². The van der Waals surface area contributed by atoms with Crippen molar-refractivity contribution in [3.05, 3.63) is 225 Å². The average molecular weight is 792 g/mol. The molecule has 290 valence electrons. The van der Waals surface area contributed by atoms with E-state index >= 15 is 0 Å². The van der Waals surface area contributed by atoms with E-state index in [2.05, 4.69) is 209 Å². The van der Waals surface area contributed by atoms with Crippen LogP contribution in [0.4, 0.5) is 0 Å². The SMILES string of the molecule is c1ccc(-c2nc(-c3cccc(-c4c(-c5ccccc5)n5ncc(-c6ccccc6)c5c5ccccc45)c3)cc(-c3cccc(-n4c5ccccc5c5ccccc54)c3)n2)cc1. The summed E-state index contributed by atoms with van der Waals surface area (Å²) < 4.78 is 4.49. The van der Waals surface area contributed by atoms with Crippen molar-refractivity contribution in [2.45, 2.75) is 0 Å². The molecule has 8 aromatic carbocycles. The van der Waals surface area contributed by atoms with Crippen LogP contribution in [0.25, 0.3) is 111 Å². The number of pyridine rings is 1. The molecule has 12 rings (SSSR count). The van der Waals surface area contributed by atoms with Crippen LogP contribution >= 0.6 is 0 Å². The van der Waals surface area contributed by atoms with Gasteiger partial charge in [0.2, 0.25) is 0 Å². The number of fused-ring (bicyclic) bond motifs is 6. The maximum absolute atomic E-state index is 5.28. The van der Waals surface area contributed by atoms with Crippen molar-refractivity contribution in [2.24, 2.45) is 0 Å². The van der Waals surface area contributed by atoms with Gasteiger partial charge < -0.3 is 4.57 Å². The number of nitrogens with zero attached hydrogens (tertiary/aromatic N) is 5. The number of aromatic nitrogens is 5. The standard InChI is InChI=1S/C57H37N5/c1-4-18-38(19-5-1)49-37-58-62-55(39-20-6-2-7-21-39)54(47-30-10-11-31-48(47)56(49)62)43-26-16-24-41(34-43)50-36-51(60-57(59-50)40-22-8-3-9-23-40)42-25-17-27-44(35-42)61-52-32-14-12-28-45(52)46-29-13-15-33-53(46)61/h1-37H. The van der Waals surface area contributed by atoms with E-state index < -0.39 is 0 Å². The molecule has 4 aromatic heterocycles. The molecule has 0 unspecified atom stereocenters. The Balaban J connectivity index is 1.06. The molecular weight excluding hydrogens is 755 g/mol. The molecule has 62 heavy (non-hydrogen) atoms. The topological polar surface area (TPSA) is 48.0 Å². The van der Waals surface area contributed by atoms with Crippen molar-refractivity contribution in [3.8, 4) is 73.1 Å². The molecule has 0 bridgehead atoms. The Bertz CT molecular complexity index is 3570. The van der Waals surface area contributed by atoms with Gasteiger partial charge >= 0.3 is 0 Å². The fourth-order valence-electron chi connectivity index (χ4n) is 9.20. The third kappa shape index (κ3) is 5.90. The lowest BCUT2D eigenvalue weighted by molar-refractivity contribution is 0.976. The summed E-state index contributed by atoms with van der Waals surface area (Å²) >= 11 is 0. The zero-order valence-electron chi connectivity index (χ0n) is 33.6. The minimum absolute atomic E-state index is 0.674. The maximum atomic E-state index is 5.28. The Morgan fingerprint density at radius 2 is 0.855 bits per heavy atom. The average Bonchev–Trinajstić information content (AvgIpc) is 3.95. The van der Waals surface area contributed by atoms with Gasteiger partial charge in [0.05, 0.1) is 39.8 Å². The van der Waals surface area contributed by atoms with Crippen LogP contribution < -0.4 is 0 Å². The summed E-state index contributed by atoms with van der Waals surface area (Å²) in [6.07, 6.45) is 2.01. The van der Waals surface area contributed by atoms with Crippen molar-refractivity contribution in [2.75, 3.05) is 0 Å². The summed E-state index contributed by atoms with van der Waals surface area (Å²) in [5, 5.41) is 9.89. The minimum Gasteiger partial charge on any atom is -0.309 e. The third-order valence-corrected chi connectivity index (χ3v) is 12.0. The third-order valence-electron chi connectivity index (χ3n) is 12.0. The molecule has 0 saturated carbocycles. The van der Waals surface area contributed by atoms with Crippen LogP contribution in [0, 0.1) is 0 Å². The van der Waals surface area contributed by atoms with Crippen LogP contribution in [0.3, 0.4) is 0 Å². The molecule has 0 amide bonds. The van der Waals surface area contributed by atoms with Gasteiger partial charge in [-0.2, -0.15) is 5.10 Å². The molecule has 0 aliphatic carbocycles. The lowest BCUT2D eigenvalue weighted by atomic mass is 9.91. The summed E-state index contributed by atoms with van der Waals surface area (Å²) in [5.41, 5.74) is 15.7. The number of hydrogen-bond acceptors (Lipinski definition) is 3. The number of benzene rings is 8. The lowest BCUT2D eigenvalue weighted by Gasteiger charge is -2.18. The molecule has 0 saturated heterocycles. The number of rotatable bonds is 7. The Kier molecular flexibility index (Phi) is 8.42. The highest BCUT2D eigenvalue weighted by Crippen LogP contribution is 2.44. The highest BCUT2D eigenvalue weighted by atomic mass is 15.2. The highest BCUT2D eigenvalue weighted by Gasteiger charge is 2.22. The van der Waals surface area contributed by atoms with Crippen molar-refractivity contribution in [3.63, 3.8) is 0 Å². The predicted octanol–water partition coefficient (Wildman–Crippen LogP) is 14.4. The first-order valence-corrected chi connectivity index (χ1v) is 20.9. The highest BCUT2D eigenvalue weighted by molar-refractivity contribution is 6.13. The van der Waals surface area contributed by atoms with Crippen LogP contribution in [0.2, 0.25) is 0 Å². The van der Waals surface area contributed by atoms with E-state index in [0.717, 1.165) is 83.6 Å². The van der Waals surface area contributed by atoms with Gasteiger partial charge in [-0.15, -0.1) is 0 Å². The van der Waals surface area contributed by atoms with Crippen LogP contribution in [-0.2, 0) is 0 Å². The Morgan fingerprint density at radius 3 is 1.52 bits per heavy atom. The molecule has 12 aromatic rings. The fourth-order valence-corrected chi connectivity index (χ4v) is 9.20. The van der Waals surface area contributed by atoms with Gasteiger partial charge in [0.25, 0.3) is 0 Å². The first-order valence-electron chi connectivity index (χ1n) is 20.9. The molecule has 5 heteroatoms. The second-order valence-electron chi connectivity index (χ2n) is 15.6. The van der Waals surface area contributed by atoms with Crippen LogP contribution in [-0.4, -0.2) is 24.1 Å². The van der Waals surface area contributed by atoms with E-state index in [1.54, 1.807) is 0 Å². The summed E-state index contributed by atoms with van der Waals surface area (Å²) in [4.78, 5) is 10.5. The molecule has 0 aliphatic rings. The summed E-state index contributed by atoms with van der Waals surface area (Å²) in [5.74, 6) is 0.674. The summed E-state index contributed by atoms with van der Waals surface area (Å²) in [6, 6.07) is 77.0. The van der Waals surface area contributed by atoms with Crippen molar-refractivity contribution >= 4 is 38.1 Å². The first kappa shape index (κ1) is 35.5. The first-order chi connectivity index (χ1) is 30.8. The predicted molar refractivity (Wildman–Crippen MR) is 255 cm³/mol. The largest absolute Gasteiger partial charge is 0.309 e. The summed E-state index contributed by atoms with van der Waals surface area (Å²) in [7, 11) is 0.